The molecule has 3 nitrogen and oxygen atoms in total. The molecule has 0 atom stereocenters. The molecule has 0 N–H and O–H groups in total. The number of hydrogen-bond donors (Lipinski definition) is 0. The number of halogens is 2. The van der Waals surface area contributed by atoms with Crippen molar-refractivity contribution in [1.82, 2.24) is 4.90 Å². The van der Waals surface area contributed by atoms with Crippen molar-refractivity contribution < 1.29 is 4.74 Å². The summed E-state index contributed by atoms with van der Waals surface area (Å²) in [6, 6.07) is 14.0. The van der Waals surface area contributed by atoms with E-state index in [2.05, 4.69) is 36.1 Å². The lowest BCUT2D eigenvalue weighted by Crippen LogP contribution is -2.41. The van der Waals surface area contributed by atoms with Crippen molar-refractivity contribution >= 4 is 34.7 Å². The Bertz CT molecular complexity index is 702. The predicted octanol–water partition coefficient (Wildman–Crippen LogP) is 4.91. The molecule has 2 aromatic carbocycles. The number of para-hydroxylation sites is 1. The van der Waals surface area contributed by atoms with Gasteiger partial charge in [0.1, 0.15) is 11.5 Å². The van der Waals surface area contributed by atoms with Gasteiger partial charge in [-0.1, -0.05) is 59.1 Å². The molecule has 0 radical (unpaired) electrons. The molecule has 24 heavy (non-hydrogen) atoms. The van der Waals surface area contributed by atoms with Crippen LogP contribution in [-0.2, 0) is 11.2 Å². The number of aliphatic imine (C=N–C) groups is 1. The number of hydrogen-bond acceptors (Lipinski definition) is 2. The van der Waals surface area contributed by atoms with Gasteiger partial charge in [-0.25, -0.2) is 4.99 Å². The third-order valence-corrected chi connectivity index (χ3v) is 4.65. The SMILES string of the molecule is Cc1ccc(CC(=Nc2c(Cl)cccc2Cl)N2CCOCC2)cc1. The molecular weight excluding hydrogens is 343 g/mol. The molecule has 0 spiro atoms. The van der Waals surface area contributed by atoms with Gasteiger partial charge in [0.15, 0.2) is 0 Å². The van der Waals surface area contributed by atoms with Crippen LogP contribution in [0.25, 0.3) is 0 Å². The summed E-state index contributed by atoms with van der Waals surface area (Å²) in [6.45, 7) is 5.16. The zero-order valence-electron chi connectivity index (χ0n) is 13.6. The fraction of sp³-hybridized carbons (Fsp3) is 0.316. The minimum atomic E-state index is 0.567. The maximum atomic E-state index is 6.30. The van der Waals surface area contributed by atoms with Crippen LogP contribution in [0, 0.1) is 6.92 Å². The molecule has 1 aliphatic heterocycles. The molecule has 1 aliphatic rings. The zero-order chi connectivity index (χ0) is 16.9. The molecule has 2 aromatic rings. The summed E-state index contributed by atoms with van der Waals surface area (Å²) in [5.41, 5.74) is 3.10. The lowest BCUT2D eigenvalue weighted by atomic mass is 10.1. The van der Waals surface area contributed by atoms with Crippen molar-refractivity contribution in [3.63, 3.8) is 0 Å². The van der Waals surface area contributed by atoms with E-state index in [-0.39, 0.29) is 0 Å². The maximum Gasteiger partial charge on any atom is 0.109 e. The highest BCUT2D eigenvalue weighted by molar-refractivity contribution is 6.38. The molecule has 0 saturated carbocycles. The molecule has 5 heteroatoms. The van der Waals surface area contributed by atoms with Crippen molar-refractivity contribution in [2.75, 3.05) is 26.3 Å². The largest absolute Gasteiger partial charge is 0.378 e. The van der Waals surface area contributed by atoms with Crippen molar-refractivity contribution in [3.05, 3.63) is 63.6 Å². The number of benzene rings is 2. The second kappa shape index (κ2) is 8.02. The molecule has 1 fully saturated rings. The number of aryl methyl sites for hydroxylation is 1. The van der Waals surface area contributed by atoms with E-state index < -0.39 is 0 Å². The highest BCUT2D eigenvalue weighted by Crippen LogP contribution is 2.33. The molecule has 0 amide bonds. The normalized spacial score (nSPS) is 15.6. The van der Waals surface area contributed by atoms with Crippen molar-refractivity contribution in [1.29, 1.82) is 0 Å². The van der Waals surface area contributed by atoms with Gasteiger partial charge in [-0.05, 0) is 24.6 Å². The Morgan fingerprint density at radius 2 is 1.67 bits per heavy atom. The van der Waals surface area contributed by atoms with Crippen LogP contribution >= 0.6 is 23.2 Å². The van der Waals surface area contributed by atoms with Crippen LogP contribution in [0.15, 0.2) is 47.5 Å². The molecule has 0 bridgehead atoms. The van der Waals surface area contributed by atoms with Crippen molar-refractivity contribution in [2.24, 2.45) is 4.99 Å². The van der Waals surface area contributed by atoms with E-state index in [0.717, 1.165) is 25.3 Å². The summed E-state index contributed by atoms with van der Waals surface area (Å²) in [4.78, 5) is 7.08. The summed E-state index contributed by atoms with van der Waals surface area (Å²) in [5, 5.41) is 1.13. The first kappa shape index (κ1) is 17.3. The van der Waals surface area contributed by atoms with Crippen LogP contribution < -0.4 is 0 Å². The second-order valence-corrected chi connectivity index (χ2v) is 6.67. The average molecular weight is 363 g/mol. The van der Waals surface area contributed by atoms with Gasteiger partial charge in [-0.3, -0.25) is 0 Å². The molecular formula is C19H20Cl2N2O. The Kier molecular flexibility index (Phi) is 5.77. The summed E-state index contributed by atoms with van der Waals surface area (Å²) >= 11 is 12.6. The quantitative estimate of drug-likeness (QED) is 0.572. The zero-order valence-corrected chi connectivity index (χ0v) is 15.1. The first-order valence-electron chi connectivity index (χ1n) is 8.03. The smallest absolute Gasteiger partial charge is 0.109 e. The fourth-order valence-electron chi connectivity index (χ4n) is 2.66. The third-order valence-electron chi connectivity index (χ3n) is 4.04. The van der Waals surface area contributed by atoms with Gasteiger partial charge in [-0.15, -0.1) is 0 Å². The van der Waals surface area contributed by atoms with Crippen LogP contribution in [0.3, 0.4) is 0 Å². The van der Waals surface area contributed by atoms with E-state index in [0.29, 0.717) is 28.9 Å². The number of amidine groups is 1. The van der Waals surface area contributed by atoms with Crippen LogP contribution in [0.4, 0.5) is 5.69 Å². The summed E-state index contributed by atoms with van der Waals surface area (Å²) < 4.78 is 5.46. The standard InChI is InChI=1S/C19H20Cl2N2O/c1-14-5-7-15(8-6-14)13-18(23-9-11-24-12-10-23)22-19-16(20)3-2-4-17(19)21/h2-8H,9-13H2,1H3. The van der Waals surface area contributed by atoms with Gasteiger partial charge in [0.25, 0.3) is 0 Å². The molecule has 3 rings (SSSR count). The van der Waals surface area contributed by atoms with Gasteiger partial charge in [-0.2, -0.15) is 0 Å². The fourth-order valence-corrected chi connectivity index (χ4v) is 3.14. The van der Waals surface area contributed by atoms with Crippen LogP contribution in [0.5, 0.6) is 0 Å². The summed E-state index contributed by atoms with van der Waals surface area (Å²) in [6.07, 6.45) is 0.738. The Morgan fingerprint density at radius 1 is 1.04 bits per heavy atom. The summed E-state index contributed by atoms with van der Waals surface area (Å²) in [5.74, 6) is 0.970. The Labute approximate surface area is 152 Å². The minimum Gasteiger partial charge on any atom is -0.378 e. The van der Waals surface area contributed by atoms with Crippen molar-refractivity contribution in [2.45, 2.75) is 13.3 Å². The number of morpholine rings is 1. The predicted molar refractivity (Wildman–Crippen MR) is 101 cm³/mol. The van der Waals surface area contributed by atoms with Crippen LogP contribution in [0.1, 0.15) is 11.1 Å². The molecule has 0 aliphatic carbocycles. The van der Waals surface area contributed by atoms with E-state index in [1.165, 1.54) is 11.1 Å². The Morgan fingerprint density at radius 3 is 2.29 bits per heavy atom. The van der Waals surface area contributed by atoms with Crippen molar-refractivity contribution in [3.8, 4) is 0 Å². The number of ether oxygens (including phenoxy) is 1. The highest BCUT2D eigenvalue weighted by Gasteiger charge is 2.17. The highest BCUT2D eigenvalue weighted by atomic mass is 35.5. The average Bonchev–Trinajstić information content (AvgIpc) is 2.60. The van der Waals surface area contributed by atoms with E-state index in [4.69, 9.17) is 32.9 Å². The second-order valence-electron chi connectivity index (χ2n) is 5.86. The Balaban J connectivity index is 1.94. The first-order chi connectivity index (χ1) is 11.6. The van der Waals surface area contributed by atoms with Gasteiger partial charge in [0, 0.05) is 19.5 Å². The lowest BCUT2D eigenvalue weighted by Gasteiger charge is -2.30. The lowest BCUT2D eigenvalue weighted by molar-refractivity contribution is 0.0674. The maximum absolute atomic E-state index is 6.30. The van der Waals surface area contributed by atoms with E-state index in [1.807, 2.05) is 18.2 Å². The number of nitrogens with zero attached hydrogens (tertiary/aromatic N) is 2. The van der Waals surface area contributed by atoms with Gasteiger partial charge in [0.2, 0.25) is 0 Å². The molecule has 0 aromatic heterocycles. The van der Waals surface area contributed by atoms with Gasteiger partial charge < -0.3 is 9.64 Å². The third kappa shape index (κ3) is 4.29. The van der Waals surface area contributed by atoms with Gasteiger partial charge >= 0.3 is 0 Å². The van der Waals surface area contributed by atoms with E-state index >= 15 is 0 Å². The minimum absolute atomic E-state index is 0.567. The van der Waals surface area contributed by atoms with Crippen LogP contribution in [-0.4, -0.2) is 37.0 Å². The summed E-state index contributed by atoms with van der Waals surface area (Å²) in [7, 11) is 0. The van der Waals surface area contributed by atoms with Gasteiger partial charge in [0.05, 0.1) is 23.3 Å². The molecule has 0 unspecified atom stereocenters. The number of rotatable bonds is 3. The monoisotopic (exact) mass is 362 g/mol. The molecule has 126 valence electrons. The van der Waals surface area contributed by atoms with E-state index in [9.17, 15) is 0 Å². The Hall–Kier alpha value is -1.55. The molecule has 1 saturated heterocycles. The van der Waals surface area contributed by atoms with Crippen LogP contribution in [0.2, 0.25) is 10.0 Å². The first-order valence-corrected chi connectivity index (χ1v) is 8.79. The topological polar surface area (TPSA) is 24.8 Å². The molecule has 1 heterocycles. The van der Waals surface area contributed by atoms with E-state index in [1.54, 1.807) is 0 Å².